The van der Waals surface area contributed by atoms with Crippen LogP contribution < -0.4 is 10.6 Å². The first-order valence-corrected chi connectivity index (χ1v) is 4.75. The number of methoxy groups -OCH3 is 1. The van der Waals surface area contributed by atoms with Crippen LogP contribution in [0.4, 0.5) is 0 Å². The SMILES string of the molecule is C=CCNC(=O)C(C)NC(C)COC. The summed E-state index contributed by atoms with van der Waals surface area (Å²) in [7, 11) is 1.64. The minimum atomic E-state index is -0.208. The maximum Gasteiger partial charge on any atom is 0.237 e. The van der Waals surface area contributed by atoms with Gasteiger partial charge in [-0.25, -0.2) is 0 Å². The number of ether oxygens (including phenoxy) is 1. The number of nitrogens with one attached hydrogen (secondary N) is 2. The number of hydrogen-bond acceptors (Lipinski definition) is 3. The number of carbonyl (C=O) groups is 1. The van der Waals surface area contributed by atoms with E-state index in [9.17, 15) is 4.79 Å². The number of rotatable bonds is 7. The first-order valence-electron chi connectivity index (χ1n) is 4.75. The van der Waals surface area contributed by atoms with Gasteiger partial charge in [0.05, 0.1) is 12.6 Å². The largest absolute Gasteiger partial charge is 0.383 e. The van der Waals surface area contributed by atoms with Gasteiger partial charge in [-0.2, -0.15) is 0 Å². The van der Waals surface area contributed by atoms with Crippen LogP contribution in [0.1, 0.15) is 13.8 Å². The summed E-state index contributed by atoms with van der Waals surface area (Å²) in [6.45, 7) is 8.42. The van der Waals surface area contributed by atoms with Gasteiger partial charge in [0.2, 0.25) is 5.91 Å². The fourth-order valence-corrected chi connectivity index (χ4v) is 1.13. The Morgan fingerprint density at radius 1 is 1.57 bits per heavy atom. The highest BCUT2D eigenvalue weighted by Gasteiger charge is 2.13. The van der Waals surface area contributed by atoms with Gasteiger partial charge in [-0.05, 0) is 13.8 Å². The van der Waals surface area contributed by atoms with Crippen molar-refractivity contribution in [2.45, 2.75) is 25.9 Å². The van der Waals surface area contributed by atoms with E-state index in [2.05, 4.69) is 17.2 Å². The zero-order valence-electron chi connectivity index (χ0n) is 9.17. The molecule has 0 fully saturated rings. The number of hydrogen-bond donors (Lipinski definition) is 2. The molecule has 2 unspecified atom stereocenters. The highest BCUT2D eigenvalue weighted by atomic mass is 16.5. The topological polar surface area (TPSA) is 50.4 Å². The van der Waals surface area contributed by atoms with Crippen LogP contribution in [0.3, 0.4) is 0 Å². The van der Waals surface area contributed by atoms with Crippen molar-refractivity contribution in [1.29, 1.82) is 0 Å². The standard InChI is InChI=1S/C10H20N2O2/c1-5-6-11-10(13)9(3)12-8(2)7-14-4/h5,8-9,12H,1,6-7H2,2-4H3,(H,11,13). The Hall–Kier alpha value is -0.870. The molecule has 14 heavy (non-hydrogen) atoms. The first kappa shape index (κ1) is 13.1. The molecule has 0 aromatic rings. The van der Waals surface area contributed by atoms with Gasteiger partial charge in [-0.1, -0.05) is 6.08 Å². The molecule has 0 aromatic carbocycles. The highest BCUT2D eigenvalue weighted by molar-refractivity contribution is 5.81. The molecule has 0 aliphatic carbocycles. The van der Waals surface area contributed by atoms with E-state index in [0.29, 0.717) is 13.2 Å². The van der Waals surface area contributed by atoms with Crippen LogP contribution in [-0.4, -0.2) is 38.3 Å². The molecular weight excluding hydrogens is 180 g/mol. The maximum absolute atomic E-state index is 11.4. The van der Waals surface area contributed by atoms with Crippen molar-refractivity contribution >= 4 is 5.91 Å². The third-order valence-corrected chi connectivity index (χ3v) is 1.77. The van der Waals surface area contributed by atoms with E-state index in [0.717, 1.165) is 0 Å². The summed E-state index contributed by atoms with van der Waals surface area (Å²) in [5, 5.41) is 5.84. The molecule has 0 heterocycles. The lowest BCUT2D eigenvalue weighted by atomic mass is 10.2. The smallest absolute Gasteiger partial charge is 0.237 e. The van der Waals surface area contributed by atoms with E-state index in [4.69, 9.17) is 4.74 Å². The highest BCUT2D eigenvalue weighted by Crippen LogP contribution is 1.88. The second-order valence-electron chi connectivity index (χ2n) is 3.28. The predicted molar refractivity (Wildman–Crippen MR) is 57.1 cm³/mol. The minimum absolute atomic E-state index is 0.0205. The average molecular weight is 200 g/mol. The molecule has 2 N–H and O–H groups in total. The Bertz CT molecular complexity index is 183. The molecule has 0 rings (SSSR count). The second kappa shape index (κ2) is 7.53. The Morgan fingerprint density at radius 3 is 2.71 bits per heavy atom. The lowest BCUT2D eigenvalue weighted by molar-refractivity contribution is -0.122. The molecule has 0 bridgehead atoms. The quantitative estimate of drug-likeness (QED) is 0.581. The van der Waals surface area contributed by atoms with Crippen molar-refractivity contribution in [2.75, 3.05) is 20.3 Å². The molecule has 0 aliphatic rings. The van der Waals surface area contributed by atoms with E-state index in [-0.39, 0.29) is 18.0 Å². The second-order valence-corrected chi connectivity index (χ2v) is 3.28. The van der Waals surface area contributed by atoms with Crippen LogP contribution >= 0.6 is 0 Å². The monoisotopic (exact) mass is 200 g/mol. The van der Waals surface area contributed by atoms with Crippen molar-refractivity contribution in [1.82, 2.24) is 10.6 Å². The van der Waals surface area contributed by atoms with E-state index < -0.39 is 0 Å². The van der Waals surface area contributed by atoms with Gasteiger partial charge in [0, 0.05) is 19.7 Å². The third-order valence-electron chi connectivity index (χ3n) is 1.77. The van der Waals surface area contributed by atoms with Crippen molar-refractivity contribution in [3.05, 3.63) is 12.7 Å². The molecule has 0 saturated carbocycles. The summed E-state index contributed by atoms with van der Waals surface area (Å²) in [5.74, 6) is -0.0205. The molecule has 0 radical (unpaired) electrons. The van der Waals surface area contributed by atoms with Crippen molar-refractivity contribution < 1.29 is 9.53 Å². The molecule has 2 atom stereocenters. The molecule has 0 spiro atoms. The normalized spacial score (nSPS) is 14.5. The van der Waals surface area contributed by atoms with Gasteiger partial charge in [0.15, 0.2) is 0 Å². The van der Waals surface area contributed by atoms with E-state index in [1.807, 2.05) is 13.8 Å². The van der Waals surface area contributed by atoms with Gasteiger partial charge < -0.3 is 15.4 Å². The van der Waals surface area contributed by atoms with Gasteiger partial charge >= 0.3 is 0 Å². The van der Waals surface area contributed by atoms with Gasteiger partial charge in [0.1, 0.15) is 0 Å². The molecule has 1 amide bonds. The molecule has 0 aliphatic heterocycles. The summed E-state index contributed by atoms with van der Waals surface area (Å²) in [5.41, 5.74) is 0. The predicted octanol–water partition coefficient (Wildman–Crippen LogP) is 0.302. The zero-order valence-corrected chi connectivity index (χ0v) is 9.17. The lowest BCUT2D eigenvalue weighted by Crippen LogP contribution is -2.47. The number of carbonyl (C=O) groups excluding carboxylic acids is 1. The van der Waals surface area contributed by atoms with Gasteiger partial charge in [0.25, 0.3) is 0 Å². The Kier molecular flexibility index (Phi) is 7.06. The molecule has 0 aromatic heterocycles. The molecule has 0 saturated heterocycles. The van der Waals surface area contributed by atoms with Crippen LogP contribution in [-0.2, 0) is 9.53 Å². The summed E-state index contributed by atoms with van der Waals surface area (Å²) in [6, 6.07) is -0.0374. The molecular formula is C10H20N2O2. The summed E-state index contributed by atoms with van der Waals surface area (Å²) in [4.78, 5) is 11.4. The van der Waals surface area contributed by atoms with Crippen LogP contribution in [0.2, 0.25) is 0 Å². The Balaban J connectivity index is 3.75. The fourth-order valence-electron chi connectivity index (χ4n) is 1.13. The Morgan fingerprint density at radius 2 is 2.21 bits per heavy atom. The minimum Gasteiger partial charge on any atom is -0.383 e. The van der Waals surface area contributed by atoms with Crippen LogP contribution in [0.5, 0.6) is 0 Å². The number of amides is 1. The van der Waals surface area contributed by atoms with Crippen molar-refractivity contribution in [2.24, 2.45) is 0 Å². The van der Waals surface area contributed by atoms with E-state index >= 15 is 0 Å². The van der Waals surface area contributed by atoms with Crippen LogP contribution in [0.15, 0.2) is 12.7 Å². The molecule has 82 valence electrons. The van der Waals surface area contributed by atoms with Crippen LogP contribution in [0, 0.1) is 0 Å². The fraction of sp³-hybridized carbons (Fsp3) is 0.700. The van der Waals surface area contributed by atoms with Gasteiger partial charge in [-0.15, -0.1) is 6.58 Å². The first-order chi connectivity index (χ1) is 6.61. The third kappa shape index (κ3) is 5.72. The summed E-state index contributed by atoms with van der Waals surface area (Å²) in [6.07, 6.45) is 1.66. The van der Waals surface area contributed by atoms with Crippen molar-refractivity contribution in [3.63, 3.8) is 0 Å². The Labute approximate surface area is 85.7 Å². The zero-order chi connectivity index (χ0) is 11.0. The van der Waals surface area contributed by atoms with Crippen LogP contribution in [0.25, 0.3) is 0 Å². The molecule has 4 heteroatoms. The lowest BCUT2D eigenvalue weighted by Gasteiger charge is -2.18. The molecule has 4 nitrogen and oxygen atoms in total. The van der Waals surface area contributed by atoms with E-state index in [1.165, 1.54) is 0 Å². The van der Waals surface area contributed by atoms with E-state index in [1.54, 1.807) is 13.2 Å². The average Bonchev–Trinajstić information content (AvgIpc) is 2.14. The van der Waals surface area contributed by atoms with Crippen molar-refractivity contribution in [3.8, 4) is 0 Å². The van der Waals surface area contributed by atoms with Gasteiger partial charge in [-0.3, -0.25) is 4.79 Å². The summed E-state index contributed by atoms with van der Waals surface area (Å²) >= 11 is 0. The maximum atomic E-state index is 11.4. The summed E-state index contributed by atoms with van der Waals surface area (Å²) < 4.78 is 4.95.